The van der Waals surface area contributed by atoms with Gasteiger partial charge in [-0.3, -0.25) is 0 Å². The average molecular weight is 637 g/mol. The minimum absolute atomic E-state index is 0.123. The molecule has 0 saturated heterocycles. The molecule has 47 heavy (non-hydrogen) atoms. The van der Waals surface area contributed by atoms with Crippen LogP contribution < -0.4 is 18.9 Å². The van der Waals surface area contributed by atoms with Gasteiger partial charge in [0.15, 0.2) is 12.2 Å². The molecule has 0 aliphatic carbocycles. The lowest BCUT2D eigenvalue weighted by atomic mass is 10.0. The number of benzene rings is 4. The van der Waals surface area contributed by atoms with Crippen molar-refractivity contribution in [1.29, 1.82) is 0 Å². The molecule has 8 heteroatoms. The fourth-order valence-electron chi connectivity index (χ4n) is 4.17. The number of para-hydroxylation sites is 2. The van der Waals surface area contributed by atoms with E-state index in [1.165, 1.54) is 0 Å². The summed E-state index contributed by atoms with van der Waals surface area (Å²) in [6, 6.07) is 34.1. The van der Waals surface area contributed by atoms with E-state index in [1.54, 1.807) is 13.8 Å². The van der Waals surface area contributed by atoms with Crippen LogP contribution in [0.5, 0.6) is 23.0 Å². The summed E-state index contributed by atoms with van der Waals surface area (Å²) >= 11 is 0. The topological polar surface area (TPSA) is 89.5 Å². The van der Waals surface area contributed by atoms with Crippen molar-refractivity contribution in [2.45, 2.75) is 32.5 Å². The lowest BCUT2D eigenvalue weighted by Crippen LogP contribution is -2.31. The molecule has 2 atom stereocenters. The van der Waals surface area contributed by atoms with Crippen molar-refractivity contribution in [3.05, 3.63) is 145 Å². The Kier molecular flexibility index (Phi) is 13.1. The molecule has 4 rings (SSSR count). The number of hydrogen-bond donors (Lipinski definition) is 0. The molecule has 4 aromatic rings. The standard InChI is InChI=1S/C39H40O8/c1-28(2)38(40)46-36(24-42-32-11-7-5-8-12-32)26-44-34-19-15-30(16-20-34)23-31-17-21-35(22-18-31)45-27-37(47-39(41)29(3)4)25-43-33-13-9-6-10-14-33/h5-22,36-37H,1,3,23-27H2,2,4H3. The van der Waals surface area contributed by atoms with Crippen molar-refractivity contribution in [3.63, 3.8) is 0 Å². The summed E-state index contributed by atoms with van der Waals surface area (Å²) < 4.78 is 34.5. The van der Waals surface area contributed by atoms with Gasteiger partial charge >= 0.3 is 11.9 Å². The Morgan fingerprint density at radius 2 is 0.787 bits per heavy atom. The maximum absolute atomic E-state index is 12.2. The molecule has 0 aromatic heterocycles. The number of ether oxygens (including phenoxy) is 6. The Balaban J connectivity index is 1.27. The molecule has 0 bridgehead atoms. The number of rotatable bonds is 18. The summed E-state index contributed by atoms with van der Waals surface area (Å²) in [5.41, 5.74) is 2.79. The lowest BCUT2D eigenvalue weighted by molar-refractivity contribution is -0.148. The summed E-state index contributed by atoms with van der Waals surface area (Å²) in [7, 11) is 0. The van der Waals surface area contributed by atoms with E-state index in [4.69, 9.17) is 28.4 Å². The van der Waals surface area contributed by atoms with Crippen molar-refractivity contribution in [2.24, 2.45) is 0 Å². The summed E-state index contributed by atoms with van der Waals surface area (Å²) in [6.07, 6.45) is -0.539. The third kappa shape index (κ3) is 12.1. The van der Waals surface area contributed by atoms with Gasteiger partial charge in [-0.25, -0.2) is 9.59 Å². The molecule has 0 N–H and O–H groups in total. The molecule has 8 nitrogen and oxygen atoms in total. The predicted molar refractivity (Wildman–Crippen MR) is 180 cm³/mol. The van der Waals surface area contributed by atoms with Crippen molar-refractivity contribution in [3.8, 4) is 23.0 Å². The van der Waals surface area contributed by atoms with Crippen LogP contribution in [0.4, 0.5) is 0 Å². The normalized spacial score (nSPS) is 11.8. The zero-order valence-corrected chi connectivity index (χ0v) is 26.8. The molecule has 0 aliphatic heterocycles. The van der Waals surface area contributed by atoms with Crippen LogP contribution in [0.25, 0.3) is 0 Å². The first kappa shape index (κ1) is 34.4. The Hall–Kier alpha value is -5.50. The van der Waals surface area contributed by atoms with E-state index in [0.29, 0.717) is 40.6 Å². The quantitative estimate of drug-likeness (QED) is 0.0839. The van der Waals surface area contributed by atoms with Crippen LogP contribution in [-0.4, -0.2) is 50.6 Å². The van der Waals surface area contributed by atoms with E-state index in [2.05, 4.69) is 13.2 Å². The van der Waals surface area contributed by atoms with Gasteiger partial charge in [-0.1, -0.05) is 73.8 Å². The van der Waals surface area contributed by atoms with Crippen molar-refractivity contribution in [1.82, 2.24) is 0 Å². The maximum Gasteiger partial charge on any atom is 0.333 e. The molecule has 0 aliphatic rings. The SMILES string of the molecule is C=C(C)C(=O)OC(COc1ccccc1)COc1ccc(Cc2ccc(OCC(COc3ccccc3)OC(=O)C(=C)C)cc2)cc1. The largest absolute Gasteiger partial charge is 0.490 e. The first-order valence-corrected chi connectivity index (χ1v) is 15.3. The Labute approximate surface area is 276 Å². The Bertz CT molecular complexity index is 1460. The summed E-state index contributed by atoms with van der Waals surface area (Å²) in [5.74, 6) is 1.65. The monoisotopic (exact) mass is 636 g/mol. The van der Waals surface area contributed by atoms with Crippen LogP contribution in [0.1, 0.15) is 25.0 Å². The molecule has 0 fully saturated rings. The second kappa shape index (κ2) is 17.8. The van der Waals surface area contributed by atoms with Crippen molar-refractivity contribution < 1.29 is 38.0 Å². The minimum Gasteiger partial charge on any atom is -0.490 e. The average Bonchev–Trinajstić information content (AvgIpc) is 3.09. The molecule has 244 valence electrons. The van der Waals surface area contributed by atoms with Gasteiger partial charge in [0, 0.05) is 11.1 Å². The minimum atomic E-state index is -0.621. The van der Waals surface area contributed by atoms with Crippen LogP contribution in [-0.2, 0) is 25.5 Å². The van der Waals surface area contributed by atoms with Crippen LogP contribution in [0.2, 0.25) is 0 Å². The van der Waals surface area contributed by atoms with Gasteiger partial charge in [-0.05, 0) is 79.9 Å². The summed E-state index contributed by atoms with van der Waals surface area (Å²) in [4.78, 5) is 24.3. The van der Waals surface area contributed by atoms with Gasteiger partial charge in [0.25, 0.3) is 0 Å². The van der Waals surface area contributed by atoms with Gasteiger partial charge in [-0.2, -0.15) is 0 Å². The number of carbonyl (C=O) groups is 2. The highest BCUT2D eigenvalue weighted by Gasteiger charge is 2.19. The summed E-state index contributed by atoms with van der Waals surface area (Å²) in [5, 5.41) is 0. The fourth-order valence-corrected chi connectivity index (χ4v) is 4.17. The van der Waals surface area contributed by atoms with E-state index in [1.807, 2.05) is 109 Å². The lowest BCUT2D eigenvalue weighted by Gasteiger charge is -2.19. The second-order valence-corrected chi connectivity index (χ2v) is 11.0. The molecule has 0 heterocycles. The van der Waals surface area contributed by atoms with E-state index >= 15 is 0 Å². The molecule has 4 aromatic carbocycles. The third-order valence-corrected chi connectivity index (χ3v) is 6.73. The van der Waals surface area contributed by atoms with Crippen molar-refractivity contribution in [2.75, 3.05) is 26.4 Å². The van der Waals surface area contributed by atoms with Gasteiger partial charge in [-0.15, -0.1) is 0 Å². The van der Waals surface area contributed by atoms with E-state index in [0.717, 1.165) is 11.1 Å². The van der Waals surface area contributed by atoms with Crippen LogP contribution in [0.15, 0.2) is 133 Å². The molecular formula is C39H40O8. The molecule has 0 radical (unpaired) electrons. The number of esters is 2. The second-order valence-electron chi connectivity index (χ2n) is 11.0. The van der Waals surface area contributed by atoms with Gasteiger partial charge < -0.3 is 28.4 Å². The first-order chi connectivity index (χ1) is 22.7. The highest BCUT2D eigenvalue weighted by molar-refractivity contribution is 5.87. The third-order valence-electron chi connectivity index (χ3n) is 6.73. The van der Waals surface area contributed by atoms with E-state index in [9.17, 15) is 9.59 Å². The van der Waals surface area contributed by atoms with Gasteiger partial charge in [0.2, 0.25) is 0 Å². The first-order valence-electron chi connectivity index (χ1n) is 15.3. The predicted octanol–water partition coefficient (Wildman–Crippen LogP) is 7.17. The van der Waals surface area contributed by atoms with Crippen LogP contribution in [0, 0.1) is 0 Å². The van der Waals surface area contributed by atoms with Gasteiger partial charge in [0.05, 0.1) is 0 Å². The number of hydrogen-bond acceptors (Lipinski definition) is 8. The number of carbonyl (C=O) groups excluding carboxylic acids is 2. The highest BCUT2D eigenvalue weighted by atomic mass is 16.6. The molecule has 0 spiro atoms. The van der Waals surface area contributed by atoms with Crippen LogP contribution in [0.3, 0.4) is 0 Å². The van der Waals surface area contributed by atoms with Crippen LogP contribution >= 0.6 is 0 Å². The van der Waals surface area contributed by atoms with E-state index in [-0.39, 0.29) is 26.4 Å². The zero-order valence-electron chi connectivity index (χ0n) is 26.8. The Morgan fingerprint density at radius 3 is 1.09 bits per heavy atom. The maximum atomic E-state index is 12.2. The molecule has 2 unspecified atom stereocenters. The highest BCUT2D eigenvalue weighted by Crippen LogP contribution is 2.20. The Morgan fingerprint density at radius 1 is 0.489 bits per heavy atom. The van der Waals surface area contributed by atoms with Gasteiger partial charge in [0.1, 0.15) is 49.4 Å². The summed E-state index contributed by atoms with van der Waals surface area (Å²) in [6.45, 7) is 11.0. The molecule has 0 saturated carbocycles. The zero-order chi connectivity index (χ0) is 33.4. The smallest absolute Gasteiger partial charge is 0.333 e. The molecule has 0 amide bonds. The van der Waals surface area contributed by atoms with E-state index < -0.39 is 24.1 Å². The van der Waals surface area contributed by atoms with Crippen molar-refractivity contribution >= 4 is 11.9 Å². The fraction of sp³-hybridized carbons (Fsp3) is 0.231. The molecular weight excluding hydrogens is 596 g/mol.